The molecule has 3 heterocycles. The van der Waals surface area contributed by atoms with Crippen molar-refractivity contribution < 1.29 is 4.42 Å². The Hall–Kier alpha value is -7.04. The van der Waals surface area contributed by atoms with Crippen molar-refractivity contribution in [1.82, 2.24) is 14.5 Å². The van der Waals surface area contributed by atoms with Crippen molar-refractivity contribution in [2.75, 3.05) is 0 Å². The van der Waals surface area contributed by atoms with Crippen LogP contribution >= 0.6 is 0 Å². The van der Waals surface area contributed by atoms with Gasteiger partial charge in [0.05, 0.1) is 22.4 Å². The predicted molar refractivity (Wildman–Crippen MR) is 213 cm³/mol. The molecule has 0 aliphatic rings. The molecule has 0 spiro atoms. The van der Waals surface area contributed by atoms with Crippen LogP contribution in [0.15, 0.2) is 192 Å². The molecular formula is C48H31N3O. The van der Waals surface area contributed by atoms with Gasteiger partial charge in [0.2, 0.25) is 0 Å². The lowest BCUT2D eigenvalue weighted by atomic mass is 10.0. The van der Waals surface area contributed by atoms with Crippen molar-refractivity contribution in [1.29, 1.82) is 0 Å². The summed E-state index contributed by atoms with van der Waals surface area (Å²) >= 11 is 0. The molecule has 0 radical (unpaired) electrons. The molecule has 4 heteroatoms. The maximum atomic E-state index is 6.16. The minimum atomic E-state index is 0.674. The lowest BCUT2D eigenvalue weighted by Crippen LogP contribution is -1.97. The fraction of sp³-hybridized carbons (Fsp3) is 0. The van der Waals surface area contributed by atoms with E-state index in [2.05, 4.69) is 168 Å². The molecule has 7 aromatic carbocycles. The molecule has 0 fully saturated rings. The Balaban J connectivity index is 1.08. The highest BCUT2D eigenvalue weighted by molar-refractivity contribution is 6.09. The van der Waals surface area contributed by atoms with Crippen LogP contribution in [0.5, 0.6) is 0 Å². The monoisotopic (exact) mass is 665 g/mol. The third-order valence-electron chi connectivity index (χ3n) is 9.85. The van der Waals surface area contributed by atoms with Gasteiger partial charge in [-0.25, -0.2) is 9.97 Å². The van der Waals surface area contributed by atoms with Gasteiger partial charge in [0.1, 0.15) is 11.3 Å². The molecule has 0 saturated carbocycles. The first kappa shape index (κ1) is 29.8. The molecule has 0 atom stereocenters. The average Bonchev–Trinajstić information content (AvgIpc) is 3.81. The number of para-hydroxylation sites is 3. The molecule has 0 N–H and O–H groups in total. The highest BCUT2D eigenvalue weighted by Crippen LogP contribution is 2.35. The minimum absolute atomic E-state index is 0.674. The smallest absolute Gasteiger partial charge is 0.160 e. The van der Waals surface area contributed by atoms with Crippen LogP contribution in [0.2, 0.25) is 0 Å². The van der Waals surface area contributed by atoms with E-state index in [1.165, 1.54) is 27.4 Å². The summed E-state index contributed by atoms with van der Waals surface area (Å²) < 4.78 is 8.49. The SMILES string of the molecule is c1ccc(-c2cccc(-c3cc(-c4ccc(-c5cc6ccccc6o5)cc4)nc(-c4ccc(-n5c6ccccc6c6ccccc65)cc4)n3)c2)cc1. The summed E-state index contributed by atoms with van der Waals surface area (Å²) in [6.45, 7) is 0. The first-order chi connectivity index (χ1) is 25.7. The van der Waals surface area contributed by atoms with Gasteiger partial charge in [-0.05, 0) is 71.8 Å². The van der Waals surface area contributed by atoms with Gasteiger partial charge >= 0.3 is 0 Å². The lowest BCUT2D eigenvalue weighted by molar-refractivity contribution is 0.631. The second kappa shape index (κ2) is 12.4. The third kappa shape index (κ3) is 5.26. The number of hydrogen-bond acceptors (Lipinski definition) is 3. The normalized spacial score (nSPS) is 11.5. The Kier molecular flexibility index (Phi) is 7.10. The van der Waals surface area contributed by atoms with E-state index in [9.17, 15) is 0 Å². The molecule has 10 rings (SSSR count). The topological polar surface area (TPSA) is 43.9 Å². The molecule has 10 aromatic rings. The Morgan fingerprint density at radius 1 is 0.385 bits per heavy atom. The Morgan fingerprint density at radius 2 is 0.962 bits per heavy atom. The molecular weight excluding hydrogens is 635 g/mol. The van der Waals surface area contributed by atoms with Crippen molar-refractivity contribution in [2.45, 2.75) is 0 Å². The molecule has 52 heavy (non-hydrogen) atoms. The van der Waals surface area contributed by atoms with E-state index in [0.717, 1.165) is 61.6 Å². The van der Waals surface area contributed by atoms with E-state index in [4.69, 9.17) is 14.4 Å². The van der Waals surface area contributed by atoms with Crippen molar-refractivity contribution in [3.8, 4) is 62.0 Å². The van der Waals surface area contributed by atoms with Crippen LogP contribution in [0.4, 0.5) is 0 Å². The summed E-state index contributed by atoms with van der Waals surface area (Å²) in [6, 6.07) is 65.5. The lowest BCUT2D eigenvalue weighted by Gasteiger charge is -2.12. The van der Waals surface area contributed by atoms with Crippen molar-refractivity contribution >= 4 is 32.8 Å². The molecule has 0 bridgehead atoms. The van der Waals surface area contributed by atoms with Crippen LogP contribution in [0.25, 0.3) is 94.8 Å². The van der Waals surface area contributed by atoms with Gasteiger partial charge in [-0.3, -0.25) is 0 Å². The maximum absolute atomic E-state index is 6.16. The van der Waals surface area contributed by atoms with E-state index in [1.807, 2.05) is 24.3 Å². The Labute approximate surface area is 300 Å². The van der Waals surface area contributed by atoms with E-state index < -0.39 is 0 Å². The van der Waals surface area contributed by atoms with Crippen molar-refractivity contribution in [3.63, 3.8) is 0 Å². The first-order valence-electron chi connectivity index (χ1n) is 17.5. The summed E-state index contributed by atoms with van der Waals surface area (Å²) in [5, 5.41) is 3.58. The number of benzene rings is 7. The van der Waals surface area contributed by atoms with Crippen LogP contribution in [-0.2, 0) is 0 Å². The molecule has 4 nitrogen and oxygen atoms in total. The van der Waals surface area contributed by atoms with E-state index in [1.54, 1.807) is 0 Å². The summed E-state index contributed by atoms with van der Waals surface area (Å²) in [4.78, 5) is 10.4. The highest BCUT2D eigenvalue weighted by Gasteiger charge is 2.15. The summed E-state index contributed by atoms with van der Waals surface area (Å²) in [6.07, 6.45) is 0. The number of rotatable bonds is 6. The minimum Gasteiger partial charge on any atom is -0.456 e. The van der Waals surface area contributed by atoms with E-state index in [0.29, 0.717) is 5.82 Å². The average molecular weight is 666 g/mol. The molecule has 3 aromatic heterocycles. The van der Waals surface area contributed by atoms with Gasteiger partial charge in [-0.1, -0.05) is 127 Å². The maximum Gasteiger partial charge on any atom is 0.160 e. The summed E-state index contributed by atoms with van der Waals surface area (Å²) in [7, 11) is 0. The van der Waals surface area contributed by atoms with Crippen molar-refractivity contribution in [3.05, 3.63) is 188 Å². The van der Waals surface area contributed by atoms with Gasteiger partial charge in [0, 0.05) is 44.1 Å². The van der Waals surface area contributed by atoms with Crippen LogP contribution in [0.1, 0.15) is 0 Å². The van der Waals surface area contributed by atoms with Crippen molar-refractivity contribution in [2.24, 2.45) is 0 Å². The number of aromatic nitrogens is 3. The standard InChI is InChI=1S/C48H31N3O/c1-2-11-32(12-3-1)36-14-10-15-37(29-36)43-31-42(33-21-23-34(24-22-33)47-30-38-13-4-9-20-46(38)52-47)49-48(50-43)35-25-27-39(28-26-35)51-44-18-7-5-16-40(44)41-17-6-8-19-45(41)51/h1-31H. The van der Waals surface area contributed by atoms with Gasteiger partial charge in [0.25, 0.3) is 0 Å². The fourth-order valence-corrected chi connectivity index (χ4v) is 7.25. The van der Waals surface area contributed by atoms with Gasteiger partial charge in [-0.2, -0.15) is 0 Å². The van der Waals surface area contributed by atoms with E-state index in [-0.39, 0.29) is 0 Å². The molecule has 0 amide bonds. The van der Waals surface area contributed by atoms with Gasteiger partial charge < -0.3 is 8.98 Å². The molecule has 244 valence electrons. The Morgan fingerprint density at radius 3 is 1.69 bits per heavy atom. The molecule has 0 aliphatic carbocycles. The second-order valence-corrected chi connectivity index (χ2v) is 13.1. The van der Waals surface area contributed by atoms with Gasteiger partial charge in [-0.15, -0.1) is 0 Å². The van der Waals surface area contributed by atoms with Crippen LogP contribution in [-0.4, -0.2) is 14.5 Å². The zero-order chi connectivity index (χ0) is 34.4. The van der Waals surface area contributed by atoms with Crippen LogP contribution in [0, 0.1) is 0 Å². The molecule has 0 unspecified atom stereocenters. The Bertz CT molecular complexity index is 2800. The highest BCUT2D eigenvalue weighted by atomic mass is 16.3. The number of hydrogen-bond donors (Lipinski definition) is 0. The fourth-order valence-electron chi connectivity index (χ4n) is 7.25. The molecule has 0 aliphatic heterocycles. The van der Waals surface area contributed by atoms with E-state index >= 15 is 0 Å². The zero-order valence-electron chi connectivity index (χ0n) is 28.1. The van der Waals surface area contributed by atoms with Gasteiger partial charge in [0.15, 0.2) is 5.82 Å². The van der Waals surface area contributed by atoms with Crippen LogP contribution in [0.3, 0.4) is 0 Å². The summed E-state index contributed by atoms with van der Waals surface area (Å²) in [5.74, 6) is 1.52. The predicted octanol–water partition coefficient (Wildman–Crippen LogP) is 12.7. The molecule has 0 saturated heterocycles. The zero-order valence-corrected chi connectivity index (χ0v) is 28.1. The summed E-state index contributed by atoms with van der Waals surface area (Å²) in [5.41, 5.74) is 12.4. The number of furan rings is 1. The largest absolute Gasteiger partial charge is 0.456 e. The number of nitrogens with zero attached hydrogens (tertiary/aromatic N) is 3. The quantitative estimate of drug-likeness (QED) is 0.178. The van der Waals surface area contributed by atoms with Crippen LogP contribution < -0.4 is 0 Å². The third-order valence-corrected chi connectivity index (χ3v) is 9.85. The first-order valence-corrected chi connectivity index (χ1v) is 17.5. The second-order valence-electron chi connectivity index (χ2n) is 13.1. The number of fused-ring (bicyclic) bond motifs is 4.